The maximum atomic E-state index is 3.67. The zero-order chi connectivity index (χ0) is 24.5. The van der Waals surface area contributed by atoms with E-state index in [-0.39, 0.29) is 0 Å². The molecular formula is C25H58N6. The fourth-order valence-electron chi connectivity index (χ4n) is 2.70. The van der Waals surface area contributed by atoms with E-state index in [0.717, 1.165) is 52.2 Å². The smallest absolute Gasteiger partial charge is 0.0312 e. The molecule has 0 aliphatic rings. The second-order valence-electron chi connectivity index (χ2n) is 7.97. The van der Waals surface area contributed by atoms with Crippen LogP contribution in [-0.2, 0) is 0 Å². The molecule has 0 aliphatic heterocycles. The van der Waals surface area contributed by atoms with E-state index in [1.165, 1.54) is 12.8 Å². The molecule has 0 amide bonds. The van der Waals surface area contributed by atoms with E-state index in [0.29, 0.717) is 12.1 Å². The van der Waals surface area contributed by atoms with Crippen molar-refractivity contribution in [3.05, 3.63) is 25.3 Å². The van der Waals surface area contributed by atoms with E-state index in [9.17, 15) is 0 Å². The van der Waals surface area contributed by atoms with Crippen molar-refractivity contribution in [2.45, 2.75) is 93.7 Å². The highest BCUT2D eigenvalue weighted by molar-refractivity contribution is 4.77. The molecule has 0 aromatic carbocycles. The van der Waals surface area contributed by atoms with Crippen molar-refractivity contribution in [1.29, 1.82) is 0 Å². The van der Waals surface area contributed by atoms with Crippen molar-refractivity contribution in [3.63, 3.8) is 0 Å². The number of nitrogens with zero attached hydrogens (tertiary/aromatic N) is 3. The van der Waals surface area contributed by atoms with Gasteiger partial charge in [0.2, 0.25) is 0 Å². The summed E-state index contributed by atoms with van der Waals surface area (Å²) in [5, 5.41) is 6.59. The SMILES string of the molecule is C=CCN(CC=C)NCCC.CCCNN(C(C)C)C(C)C.CCCNN(CC)CC. The fourth-order valence-corrected chi connectivity index (χ4v) is 2.70. The van der Waals surface area contributed by atoms with Crippen LogP contribution in [0.2, 0.25) is 0 Å². The Bertz CT molecular complexity index is 338. The molecule has 0 rings (SSSR count). The van der Waals surface area contributed by atoms with Crippen LogP contribution >= 0.6 is 0 Å². The van der Waals surface area contributed by atoms with Gasteiger partial charge in [0.15, 0.2) is 0 Å². The topological polar surface area (TPSA) is 45.8 Å². The summed E-state index contributed by atoms with van der Waals surface area (Å²) in [5.41, 5.74) is 9.97. The number of nitrogens with one attached hydrogen (secondary N) is 3. The molecule has 0 aromatic heterocycles. The monoisotopic (exact) mass is 442 g/mol. The minimum Gasteiger partial charge on any atom is -0.255 e. The highest BCUT2D eigenvalue weighted by Crippen LogP contribution is 1.99. The van der Waals surface area contributed by atoms with E-state index in [2.05, 4.69) is 107 Å². The molecule has 0 radical (unpaired) electrons. The van der Waals surface area contributed by atoms with Crippen LogP contribution in [0.5, 0.6) is 0 Å². The lowest BCUT2D eigenvalue weighted by atomic mass is 10.3. The average molecular weight is 443 g/mol. The Morgan fingerprint density at radius 1 is 0.613 bits per heavy atom. The first-order valence-electron chi connectivity index (χ1n) is 12.5. The summed E-state index contributed by atoms with van der Waals surface area (Å²) in [6.45, 7) is 34.1. The second kappa shape index (κ2) is 27.3. The van der Waals surface area contributed by atoms with Gasteiger partial charge in [-0.1, -0.05) is 46.8 Å². The van der Waals surface area contributed by atoms with Gasteiger partial charge in [-0.15, -0.1) is 13.2 Å². The van der Waals surface area contributed by atoms with Crippen molar-refractivity contribution < 1.29 is 0 Å². The van der Waals surface area contributed by atoms with Gasteiger partial charge in [0.05, 0.1) is 0 Å². The Labute approximate surface area is 196 Å². The molecule has 3 N–H and O–H groups in total. The molecule has 0 aliphatic carbocycles. The quantitative estimate of drug-likeness (QED) is 0.221. The Morgan fingerprint density at radius 3 is 1.26 bits per heavy atom. The lowest BCUT2D eigenvalue weighted by Gasteiger charge is -2.30. The Hall–Kier alpha value is -0.760. The third-order valence-electron chi connectivity index (χ3n) is 4.29. The summed E-state index contributed by atoms with van der Waals surface area (Å²) in [6.07, 6.45) is 7.30. The van der Waals surface area contributed by atoms with Crippen LogP contribution in [-0.4, -0.2) is 72.9 Å². The molecule has 31 heavy (non-hydrogen) atoms. The van der Waals surface area contributed by atoms with Crippen LogP contribution in [0.1, 0.15) is 81.6 Å². The van der Waals surface area contributed by atoms with Crippen molar-refractivity contribution in [2.24, 2.45) is 0 Å². The molecule has 0 fully saturated rings. The van der Waals surface area contributed by atoms with Gasteiger partial charge in [-0.2, -0.15) is 0 Å². The average Bonchev–Trinajstić information content (AvgIpc) is 2.74. The second-order valence-corrected chi connectivity index (χ2v) is 7.97. The third kappa shape index (κ3) is 25.4. The first kappa shape index (κ1) is 34.8. The Morgan fingerprint density at radius 2 is 0.968 bits per heavy atom. The third-order valence-corrected chi connectivity index (χ3v) is 4.29. The summed E-state index contributed by atoms with van der Waals surface area (Å²) >= 11 is 0. The molecule has 188 valence electrons. The molecule has 0 spiro atoms. The molecule has 0 saturated carbocycles. The predicted octanol–water partition coefficient (Wildman–Crippen LogP) is 4.84. The zero-order valence-electron chi connectivity index (χ0n) is 22.6. The largest absolute Gasteiger partial charge is 0.255 e. The fraction of sp³-hybridized carbons (Fsp3) is 0.840. The Balaban J connectivity index is -0.000000382. The number of hydrazine groups is 3. The minimum absolute atomic E-state index is 0.585. The maximum Gasteiger partial charge on any atom is 0.0312 e. The number of hydrogen-bond acceptors (Lipinski definition) is 6. The lowest BCUT2D eigenvalue weighted by Crippen LogP contribution is -2.47. The summed E-state index contributed by atoms with van der Waals surface area (Å²) in [4.78, 5) is 0. The Kier molecular flexibility index (Phi) is 30.7. The minimum atomic E-state index is 0.585. The summed E-state index contributed by atoms with van der Waals surface area (Å²) in [7, 11) is 0. The van der Waals surface area contributed by atoms with Crippen LogP contribution in [0.15, 0.2) is 25.3 Å². The van der Waals surface area contributed by atoms with Gasteiger partial charge < -0.3 is 0 Å². The molecule has 6 heteroatoms. The molecule has 0 atom stereocenters. The molecule has 0 aromatic rings. The van der Waals surface area contributed by atoms with Crippen molar-refractivity contribution >= 4 is 0 Å². The van der Waals surface area contributed by atoms with Crippen LogP contribution in [0.25, 0.3) is 0 Å². The van der Waals surface area contributed by atoms with Crippen molar-refractivity contribution in [1.82, 2.24) is 31.3 Å². The van der Waals surface area contributed by atoms with Crippen molar-refractivity contribution in [3.8, 4) is 0 Å². The predicted molar refractivity (Wildman–Crippen MR) is 142 cm³/mol. The van der Waals surface area contributed by atoms with Crippen LogP contribution < -0.4 is 16.3 Å². The number of hydrogen-bond donors (Lipinski definition) is 3. The molecule has 0 bridgehead atoms. The van der Waals surface area contributed by atoms with E-state index < -0.39 is 0 Å². The maximum absolute atomic E-state index is 3.67. The zero-order valence-corrected chi connectivity index (χ0v) is 22.6. The van der Waals surface area contributed by atoms with Crippen LogP contribution in [0.3, 0.4) is 0 Å². The van der Waals surface area contributed by atoms with E-state index >= 15 is 0 Å². The van der Waals surface area contributed by atoms with E-state index in [1.807, 2.05) is 12.2 Å². The molecule has 0 heterocycles. The van der Waals surface area contributed by atoms with Gasteiger partial charge in [-0.3, -0.25) is 16.3 Å². The normalized spacial score (nSPS) is 10.9. The molecule has 6 nitrogen and oxygen atoms in total. The lowest BCUT2D eigenvalue weighted by molar-refractivity contribution is 0.103. The summed E-state index contributed by atoms with van der Waals surface area (Å²) in [5.74, 6) is 0. The molecule has 0 saturated heterocycles. The summed E-state index contributed by atoms with van der Waals surface area (Å²) < 4.78 is 0. The van der Waals surface area contributed by atoms with E-state index in [1.54, 1.807) is 0 Å². The molecular weight excluding hydrogens is 384 g/mol. The van der Waals surface area contributed by atoms with Gasteiger partial charge in [-0.25, -0.2) is 15.0 Å². The molecule has 0 unspecified atom stereocenters. The van der Waals surface area contributed by atoms with Crippen molar-refractivity contribution in [2.75, 3.05) is 45.8 Å². The summed E-state index contributed by atoms with van der Waals surface area (Å²) in [6, 6.07) is 1.17. The highest BCUT2D eigenvalue weighted by atomic mass is 15.5. The van der Waals surface area contributed by atoms with Crippen LogP contribution in [0, 0.1) is 0 Å². The first-order chi connectivity index (χ1) is 14.8. The van der Waals surface area contributed by atoms with Gasteiger partial charge >= 0.3 is 0 Å². The standard InChI is InChI=1S/C9H22N2.C9H18N2.C7H18N2/c1-6-7-10-11(8(2)3)9(4)5;1-4-7-10-11(8-5-2)9-6-3;1-4-7-8-9(5-2)6-3/h8-10H,6-7H2,1-5H3;5-6,10H,2-4,7-9H2,1H3;8H,4-7H2,1-3H3. The van der Waals surface area contributed by atoms with E-state index in [4.69, 9.17) is 0 Å². The van der Waals surface area contributed by atoms with Gasteiger partial charge in [-0.05, 0) is 47.0 Å². The van der Waals surface area contributed by atoms with Crippen LogP contribution in [0.4, 0.5) is 0 Å². The van der Waals surface area contributed by atoms with Gasteiger partial charge in [0.1, 0.15) is 0 Å². The number of rotatable bonds is 17. The first-order valence-corrected chi connectivity index (χ1v) is 12.5. The van der Waals surface area contributed by atoms with Gasteiger partial charge in [0.25, 0.3) is 0 Å². The highest BCUT2D eigenvalue weighted by Gasteiger charge is 2.10. The van der Waals surface area contributed by atoms with Gasteiger partial charge in [0, 0.05) is 57.9 Å².